The van der Waals surface area contributed by atoms with E-state index in [0.717, 1.165) is 17.4 Å². The minimum atomic E-state index is -4.40. The first-order valence-corrected chi connectivity index (χ1v) is 6.96. The van der Waals surface area contributed by atoms with Crippen molar-refractivity contribution in [1.82, 2.24) is 0 Å². The molecule has 0 bridgehead atoms. The fourth-order valence-electron chi connectivity index (χ4n) is 1.97. The van der Waals surface area contributed by atoms with E-state index in [-0.39, 0.29) is 11.4 Å². The van der Waals surface area contributed by atoms with E-state index in [9.17, 15) is 13.2 Å². The molecular formula is C14H15F3N2S. The Labute approximate surface area is 119 Å². The molecule has 0 atom stereocenters. The molecule has 6 heteroatoms. The molecule has 2 N–H and O–H groups in total. The summed E-state index contributed by atoms with van der Waals surface area (Å²) >= 11 is 1.60. The molecule has 0 radical (unpaired) electrons. The zero-order valence-electron chi connectivity index (χ0n) is 10.9. The van der Waals surface area contributed by atoms with E-state index in [1.807, 2.05) is 17.5 Å². The van der Waals surface area contributed by atoms with Gasteiger partial charge in [0.1, 0.15) is 0 Å². The van der Waals surface area contributed by atoms with Crippen LogP contribution in [-0.2, 0) is 12.6 Å². The fourth-order valence-corrected chi connectivity index (χ4v) is 2.66. The van der Waals surface area contributed by atoms with Gasteiger partial charge in [0, 0.05) is 29.8 Å². The molecule has 0 aliphatic heterocycles. The van der Waals surface area contributed by atoms with Crippen LogP contribution in [0.3, 0.4) is 0 Å². The summed E-state index contributed by atoms with van der Waals surface area (Å²) in [5.41, 5.74) is 5.04. The predicted molar refractivity (Wildman–Crippen MR) is 77.1 cm³/mol. The standard InChI is InChI=1S/C14H15F3N2S/c1-19(7-6-11-3-2-8-20-11)13-5-4-10(18)9-12(13)14(15,16)17/h2-5,8-9H,6-7,18H2,1H3. The molecule has 0 aliphatic carbocycles. The number of nitrogen functional groups attached to an aromatic ring is 1. The van der Waals surface area contributed by atoms with Crippen LogP contribution in [0.15, 0.2) is 35.7 Å². The van der Waals surface area contributed by atoms with Crippen molar-refractivity contribution in [2.75, 3.05) is 24.2 Å². The monoisotopic (exact) mass is 300 g/mol. The molecule has 0 saturated heterocycles. The molecule has 2 aromatic rings. The van der Waals surface area contributed by atoms with Gasteiger partial charge in [-0.05, 0) is 36.1 Å². The van der Waals surface area contributed by atoms with Gasteiger partial charge >= 0.3 is 6.18 Å². The van der Waals surface area contributed by atoms with Crippen LogP contribution in [-0.4, -0.2) is 13.6 Å². The normalized spacial score (nSPS) is 11.6. The molecule has 0 unspecified atom stereocenters. The van der Waals surface area contributed by atoms with Crippen molar-refractivity contribution in [3.05, 3.63) is 46.2 Å². The summed E-state index contributed by atoms with van der Waals surface area (Å²) in [6.45, 7) is 0.521. The third-order valence-corrected chi connectivity index (χ3v) is 3.95. The van der Waals surface area contributed by atoms with E-state index in [1.54, 1.807) is 23.3 Å². The highest BCUT2D eigenvalue weighted by atomic mass is 32.1. The first-order valence-electron chi connectivity index (χ1n) is 6.08. The zero-order valence-corrected chi connectivity index (χ0v) is 11.8. The second-order valence-electron chi connectivity index (χ2n) is 4.53. The molecule has 0 amide bonds. The Hall–Kier alpha value is -1.69. The average molecular weight is 300 g/mol. The number of nitrogens with zero attached hydrogens (tertiary/aromatic N) is 1. The molecule has 2 nitrogen and oxygen atoms in total. The average Bonchev–Trinajstić information content (AvgIpc) is 2.88. The minimum absolute atomic E-state index is 0.118. The van der Waals surface area contributed by atoms with Crippen LogP contribution in [0.1, 0.15) is 10.4 Å². The molecule has 0 fully saturated rings. The zero-order chi connectivity index (χ0) is 14.8. The van der Waals surface area contributed by atoms with Crippen LogP contribution in [0.5, 0.6) is 0 Å². The fraction of sp³-hybridized carbons (Fsp3) is 0.286. The number of nitrogens with two attached hydrogens (primary N) is 1. The van der Waals surface area contributed by atoms with E-state index in [2.05, 4.69) is 0 Å². The minimum Gasteiger partial charge on any atom is -0.399 e. The van der Waals surface area contributed by atoms with Crippen LogP contribution >= 0.6 is 11.3 Å². The lowest BCUT2D eigenvalue weighted by Gasteiger charge is -2.23. The van der Waals surface area contributed by atoms with Gasteiger partial charge in [-0.25, -0.2) is 0 Å². The lowest BCUT2D eigenvalue weighted by Crippen LogP contribution is -2.23. The highest BCUT2D eigenvalue weighted by Gasteiger charge is 2.34. The third-order valence-electron chi connectivity index (χ3n) is 3.01. The number of hydrogen-bond donors (Lipinski definition) is 1. The Kier molecular flexibility index (Phi) is 4.23. The van der Waals surface area contributed by atoms with E-state index >= 15 is 0 Å². The van der Waals surface area contributed by atoms with Gasteiger partial charge < -0.3 is 10.6 Å². The molecule has 0 aliphatic rings. The van der Waals surface area contributed by atoms with E-state index in [4.69, 9.17) is 5.73 Å². The molecule has 1 heterocycles. The van der Waals surface area contributed by atoms with E-state index < -0.39 is 11.7 Å². The summed E-state index contributed by atoms with van der Waals surface area (Å²) in [6, 6.07) is 7.81. The second-order valence-corrected chi connectivity index (χ2v) is 5.56. The maximum atomic E-state index is 13.0. The van der Waals surface area contributed by atoms with Crippen molar-refractivity contribution in [2.45, 2.75) is 12.6 Å². The van der Waals surface area contributed by atoms with Crippen molar-refractivity contribution >= 4 is 22.7 Å². The molecule has 1 aromatic carbocycles. The van der Waals surface area contributed by atoms with Crippen LogP contribution in [0, 0.1) is 0 Å². The maximum Gasteiger partial charge on any atom is 0.418 e. The summed E-state index contributed by atoms with van der Waals surface area (Å²) in [6.07, 6.45) is -3.68. The second kappa shape index (κ2) is 5.75. The molecule has 108 valence electrons. The van der Waals surface area contributed by atoms with Gasteiger partial charge in [0.25, 0.3) is 0 Å². The number of anilines is 2. The number of thiophene rings is 1. The summed E-state index contributed by atoms with van der Waals surface area (Å²) in [5, 5.41) is 1.96. The molecule has 2 rings (SSSR count). The lowest BCUT2D eigenvalue weighted by atomic mass is 10.1. The number of likely N-dealkylation sites (N-methyl/N-ethyl adjacent to an activating group) is 1. The predicted octanol–water partition coefficient (Wildman–Crippen LogP) is 4.03. The Morgan fingerprint density at radius 1 is 1.25 bits per heavy atom. The number of alkyl halides is 3. The van der Waals surface area contributed by atoms with Crippen molar-refractivity contribution in [3.8, 4) is 0 Å². The van der Waals surface area contributed by atoms with Gasteiger partial charge in [0.15, 0.2) is 0 Å². The van der Waals surface area contributed by atoms with E-state index in [1.165, 1.54) is 12.1 Å². The van der Waals surface area contributed by atoms with Crippen LogP contribution in [0.4, 0.5) is 24.5 Å². The van der Waals surface area contributed by atoms with Gasteiger partial charge in [-0.1, -0.05) is 6.07 Å². The number of halogens is 3. The van der Waals surface area contributed by atoms with Crippen molar-refractivity contribution in [3.63, 3.8) is 0 Å². The Morgan fingerprint density at radius 2 is 2.00 bits per heavy atom. The molecule has 1 aromatic heterocycles. The lowest BCUT2D eigenvalue weighted by molar-refractivity contribution is -0.137. The summed E-state index contributed by atoms with van der Waals surface area (Å²) in [5.74, 6) is 0. The SMILES string of the molecule is CN(CCc1cccs1)c1ccc(N)cc1C(F)(F)F. The quantitative estimate of drug-likeness (QED) is 0.864. The maximum absolute atomic E-state index is 13.0. The highest BCUT2D eigenvalue weighted by molar-refractivity contribution is 7.09. The van der Waals surface area contributed by atoms with Crippen LogP contribution in [0.2, 0.25) is 0 Å². The molecule has 20 heavy (non-hydrogen) atoms. The Balaban J connectivity index is 2.18. The summed E-state index contributed by atoms with van der Waals surface area (Å²) < 4.78 is 39.1. The molecule has 0 saturated carbocycles. The van der Waals surface area contributed by atoms with Crippen LogP contribution in [0.25, 0.3) is 0 Å². The summed E-state index contributed by atoms with van der Waals surface area (Å²) in [4.78, 5) is 2.77. The van der Waals surface area contributed by atoms with Crippen molar-refractivity contribution < 1.29 is 13.2 Å². The number of hydrogen-bond acceptors (Lipinski definition) is 3. The number of benzene rings is 1. The van der Waals surface area contributed by atoms with Crippen LogP contribution < -0.4 is 10.6 Å². The Morgan fingerprint density at radius 3 is 2.60 bits per heavy atom. The first-order chi connectivity index (χ1) is 9.38. The summed E-state index contributed by atoms with van der Waals surface area (Å²) in [7, 11) is 1.66. The molecular weight excluding hydrogens is 285 g/mol. The van der Waals surface area contributed by atoms with Crippen molar-refractivity contribution in [1.29, 1.82) is 0 Å². The van der Waals surface area contributed by atoms with E-state index in [0.29, 0.717) is 6.54 Å². The van der Waals surface area contributed by atoms with Gasteiger partial charge in [-0.15, -0.1) is 11.3 Å². The molecule has 0 spiro atoms. The van der Waals surface area contributed by atoms with Gasteiger partial charge in [-0.3, -0.25) is 0 Å². The highest BCUT2D eigenvalue weighted by Crippen LogP contribution is 2.37. The van der Waals surface area contributed by atoms with Gasteiger partial charge in [-0.2, -0.15) is 13.2 Å². The largest absolute Gasteiger partial charge is 0.418 e. The smallest absolute Gasteiger partial charge is 0.399 e. The topological polar surface area (TPSA) is 29.3 Å². The van der Waals surface area contributed by atoms with Gasteiger partial charge in [0.05, 0.1) is 5.56 Å². The first kappa shape index (κ1) is 14.7. The van der Waals surface area contributed by atoms with Crippen molar-refractivity contribution in [2.24, 2.45) is 0 Å². The number of rotatable bonds is 4. The van der Waals surface area contributed by atoms with Gasteiger partial charge in [0.2, 0.25) is 0 Å². The third kappa shape index (κ3) is 3.45. The Bertz CT molecular complexity index is 564.